The van der Waals surface area contributed by atoms with Gasteiger partial charge in [-0.3, -0.25) is 0 Å². The largest absolute Gasteiger partial charge is 0.465 e. The van der Waals surface area contributed by atoms with Crippen LogP contribution < -0.4 is 0 Å². The quantitative estimate of drug-likeness (QED) is 0.431. The average molecular weight is 205 g/mol. The fraction of sp³-hybridized carbons (Fsp3) is 0.273. The molecule has 0 aromatic carbocycles. The van der Waals surface area contributed by atoms with Gasteiger partial charge in [-0.15, -0.1) is 0 Å². The Kier molecular flexibility index (Phi) is 3.69. The summed E-state index contributed by atoms with van der Waals surface area (Å²) < 4.78 is 9.84. The van der Waals surface area contributed by atoms with E-state index in [9.17, 15) is 4.79 Å². The summed E-state index contributed by atoms with van der Waals surface area (Å²) in [5, 5.41) is 8.84. The van der Waals surface area contributed by atoms with Crippen molar-refractivity contribution in [3.05, 3.63) is 29.7 Å². The zero-order chi connectivity index (χ0) is 11.3. The molecule has 15 heavy (non-hydrogen) atoms. The van der Waals surface area contributed by atoms with E-state index in [1.54, 1.807) is 26.0 Å². The van der Waals surface area contributed by atoms with Crippen LogP contribution in [0.15, 0.2) is 28.4 Å². The van der Waals surface area contributed by atoms with E-state index in [1.807, 2.05) is 6.07 Å². The highest BCUT2D eigenvalue weighted by Crippen LogP contribution is 2.19. The number of nitriles is 1. The molecule has 4 nitrogen and oxygen atoms in total. The second-order valence-electron chi connectivity index (χ2n) is 2.81. The molecule has 0 atom stereocenters. The number of hydrogen-bond acceptors (Lipinski definition) is 4. The number of carbonyl (C=O) groups is 1. The zero-order valence-electron chi connectivity index (χ0n) is 8.61. The Morgan fingerprint density at radius 1 is 1.67 bits per heavy atom. The molecule has 0 spiro atoms. The minimum Gasteiger partial charge on any atom is -0.465 e. The zero-order valence-corrected chi connectivity index (χ0v) is 8.61. The Bertz CT molecular complexity index is 410. The van der Waals surface area contributed by atoms with Gasteiger partial charge in [0.05, 0.1) is 12.9 Å². The van der Waals surface area contributed by atoms with E-state index in [1.165, 1.54) is 6.26 Å². The van der Waals surface area contributed by atoms with E-state index in [-0.39, 0.29) is 12.2 Å². The van der Waals surface area contributed by atoms with Crippen LogP contribution >= 0.6 is 0 Å². The van der Waals surface area contributed by atoms with Crippen molar-refractivity contribution in [2.75, 3.05) is 6.61 Å². The highest BCUT2D eigenvalue weighted by molar-refractivity contribution is 6.00. The predicted molar refractivity (Wildman–Crippen MR) is 53.5 cm³/mol. The first kappa shape index (κ1) is 11.1. The van der Waals surface area contributed by atoms with Crippen LogP contribution in [-0.2, 0) is 9.53 Å². The Morgan fingerprint density at radius 2 is 2.40 bits per heavy atom. The predicted octanol–water partition coefficient (Wildman–Crippen LogP) is 2.14. The summed E-state index contributed by atoms with van der Waals surface area (Å²) in [6, 6.07) is 5.20. The van der Waals surface area contributed by atoms with Gasteiger partial charge in [0.2, 0.25) is 0 Å². The lowest BCUT2D eigenvalue weighted by Gasteiger charge is -2.02. The van der Waals surface area contributed by atoms with Gasteiger partial charge in [0.25, 0.3) is 0 Å². The minimum atomic E-state index is -0.617. The first-order valence-corrected chi connectivity index (χ1v) is 4.52. The summed E-state index contributed by atoms with van der Waals surface area (Å²) in [7, 11) is 0. The van der Waals surface area contributed by atoms with Crippen LogP contribution in [0.2, 0.25) is 0 Å². The summed E-state index contributed by atoms with van der Waals surface area (Å²) >= 11 is 0. The third-order valence-electron chi connectivity index (χ3n) is 1.86. The van der Waals surface area contributed by atoms with Crippen LogP contribution in [0.1, 0.15) is 19.6 Å². The molecule has 1 aromatic rings. The van der Waals surface area contributed by atoms with Gasteiger partial charge in [-0.1, -0.05) is 0 Å². The van der Waals surface area contributed by atoms with Crippen molar-refractivity contribution < 1.29 is 13.9 Å². The van der Waals surface area contributed by atoms with Crippen LogP contribution in [0.3, 0.4) is 0 Å². The Morgan fingerprint density at radius 3 is 2.87 bits per heavy atom. The van der Waals surface area contributed by atoms with E-state index < -0.39 is 5.97 Å². The van der Waals surface area contributed by atoms with Gasteiger partial charge in [-0.2, -0.15) is 5.26 Å². The maximum atomic E-state index is 11.4. The highest BCUT2D eigenvalue weighted by atomic mass is 16.5. The Hall–Kier alpha value is -2.02. The highest BCUT2D eigenvalue weighted by Gasteiger charge is 2.15. The molecule has 1 heterocycles. The number of carbonyl (C=O) groups excluding carboxylic acids is 1. The van der Waals surface area contributed by atoms with Crippen molar-refractivity contribution in [3.63, 3.8) is 0 Å². The fourth-order valence-corrected chi connectivity index (χ4v) is 1.10. The summed E-state index contributed by atoms with van der Waals surface area (Å²) in [6.45, 7) is 3.58. The molecule has 1 aromatic heterocycles. The number of nitrogens with zero attached hydrogens (tertiary/aromatic N) is 1. The second kappa shape index (κ2) is 5.01. The minimum absolute atomic E-state index is 0.0215. The third kappa shape index (κ3) is 2.47. The summed E-state index contributed by atoms with van der Waals surface area (Å²) in [5.74, 6) is -0.117. The van der Waals surface area contributed by atoms with Crippen molar-refractivity contribution in [1.82, 2.24) is 0 Å². The lowest BCUT2D eigenvalue weighted by atomic mass is 10.1. The Balaban J connectivity index is 3.05. The van der Waals surface area contributed by atoms with Crippen molar-refractivity contribution in [2.45, 2.75) is 13.8 Å². The van der Waals surface area contributed by atoms with Crippen LogP contribution in [-0.4, -0.2) is 12.6 Å². The van der Waals surface area contributed by atoms with E-state index in [2.05, 4.69) is 0 Å². The number of rotatable bonds is 3. The van der Waals surface area contributed by atoms with E-state index in [0.29, 0.717) is 11.3 Å². The van der Waals surface area contributed by atoms with Gasteiger partial charge in [-0.25, -0.2) is 4.79 Å². The molecule has 0 radical (unpaired) electrons. The lowest BCUT2D eigenvalue weighted by Crippen LogP contribution is -2.07. The van der Waals surface area contributed by atoms with E-state index in [4.69, 9.17) is 14.4 Å². The number of allylic oxidation sites excluding steroid dienone is 1. The number of ether oxygens (including phenoxy) is 1. The first-order valence-electron chi connectivity index (χ1n) is 4.52. The molecule has 0 N–H and O–H groups in total. The average Bonchev–Trinajstić information content (AvgIpc) is 2.71. The number of hydrogen-bond donors (Lipinski definition) is 0. The summed E-state index contributed by atoms with van der Waals surface area (Å²) in [6.07, 6.45) is 1.49. The lowest BCUT2D eigenvalue weighted by molar-refractivity contribution is -0.137. The molecule has 0 aliphatic carbocycles. The number of furan rings is 1. The molecule has 4 heteroatoms. The molecule has 0 amide bonds. The van der Waals surface area contributed by atoms with Gasteiger partial charge in [0, 0.05) is 5.57 Å². The van der Waals surface area contributed by atoms with Crippen molar-refractivity contribution in [1.29, 1.82) is 5.26 Å². The number of esters is 1. The maximum absolute atomic E-state index is 11.4. The van der Waals surface area contributed by atoms with Crippen LogP contribution in [0, 0.1) is 11.3 Å². The molecule has 0 saturated carbocycles. The van der Waals surface area contributed by atoms with Crippen molar-refractivity contribution in [2.24, 2.45) is 0 Å². The van der Waals surface area contributed by atoms with Gasteiger partial charge >= 0.3 is 5.97 Å². The monoisotopic (exact) mass is 205 g/mol. The molecular formula is C11H11NO3. The molecule has 0 bridgehead atoms. The fourth-order valence-electron chi connectivity index (χ4n) is 1.10. The first-order chi connectivity index (χ1) is 7.20. The SMILES string of the molecule is CCOC(=O)C(C#N)=C(C)c1ccco1. The standard InChI is InChI=1S/C11H11NO3/c1-3-14-11(13)9(7-12)8(2)10-5-4-6-15-10/h4-6H,3H2,1-2H3. The van der Waals surface area contributed by atoms with Crippen LogP contribution in [0.5, 0.6) is 0 Å². The van der Waals surface area contributed by atoms with Gasteiger partial charge in [0.15, 0.2) is 0 Å². The molecule has 0 aliphatic heterocycles. The second-order valence-corrected chi connectivity index (χ2v) is 2.81. The van der Waals surface area contributed by atoms with Crippen molar-refractivity contribution in [3.8, 4) is 6.07 Å². The summed E-state index contributed by atoms with van der Waals surface area (Å²) in [4.78, 5) is 11.4. The molecule has 1 rings (SSSR count). The molecule has 0 fully saturated rings. The maximum Gasteiger partial charge on any atom is 0.349 e. The van der Waals surface area contributed by atoms with E-state index >= 15 is 0 Å². The normalized spacial score (nSPS) is 11.5. The molecule has 0 saturated heterocycles. The smallest absolute Gasteiger partial charge is 0.349 e. The van der Waals surface area contributed by atoms with Crippen LogP contribution in [0.4, 0.5) is 0 Å². The molecule has 0 unspecified atom stereocenters. The van der Waals surface area contributed by atoms with Gasteiger partial charge in [-0.05, 0) is 26.0 Å². The van der Waals surface area contributed by atoms with Crippen LogP contribution in [0.25, 0.3) is 5.57 Å². The summed E-state index contributed by atoms with van der Waals surface area (Å²) in [5.41, 5.74) is 0.466. The van der Waals surface area contributed by atoms with Gasteiger partial charge in [0.1, 0.15) is 17.4 Å². The topological polar surface area (TPSA) is 63.2 Å². The molecular weight excluding hydrogens is 194 g/mol. The Labute approximate surface area is 87.8 Å². The van der Waals surface area contributed by atoms with Crippen molar-refractivity contribution >= 4 is 11.5 Å². The third-order valence-corrected chi connectivity index (χ3v) is 1.86. The molecule has 78 valence electrons. The molecule has 0 aliphatic rings. The van der Waals surface area contributed by atoms with Gasteiger partial charge < -0.3 is 9.15 Å². The van der Waals surface area contributed by atoms with E-state index in [0.717, 1.165) is 0 Å².